The Labute approximate surface area is 161 Å². The number of carbonyl (C=O) groups is 1. The molecule has 1 fully saturated rings. The number of nitrogen functional groups attached to an aromatic ring is 1. The molecule has 0 aromatic carbocycles. The van der Waals surface area contributed by atoms with Crippen LogP contribution in [0.5, 0.6) is 0 Å². The van der Waals surface area contributed by atoms with Gasteiger partial charge in [0.25, 0.3) is 5.91 Å². The van der Waals surface area contributed by atoms with Crippen LogP contribution in [-0.2, 0) is 15.5 Å². The van der Waals surface area contributed by atoms with E-state index in [-0.39, 0.29) is 15.8 Å². The molecule has 10 heteroatoms. The SMILES string of the molecule is CC(C)(F)c1cc(N2CCC(S(C)(=O)=O)CC2)nc2sc(C(N)=O)c(N)c12. The largest absolute Gasteiger partial charge is 0.397 e. The number of hydrogen-bond acceptors (Lipinski definition) is 7. The zero-order valence-corrected chi connectivity index (χ0v) is 17.1. The van der Waals surface area contributed by atoms with Crippen LogP contribution in [0.2, 0.25) is 0 Å². The van der Waals surface area contributed by atoms with Gasteiger partial charge < -0.3 is 16.4 Å². The van der Waals surface area contributed by atoms with E-state index >= 15 is 0 Å². The Morgan fingerprint density at radius 2 is 1.96 bits per heavy atom. The highest BCUT2D eigenvalue weighted by Gasteiger charge is 2.31. The average molecular weight is 415 g/mol. The summed E-state index contributed by atoms with van der Waals surface area (Å²) in [5.41, 5.74) is 10.2. The second-order valence-electron chi connectivity index (χ2n) is 7.41. The van der Waals surface area contributed by atoms with E-state index in [1.54, 1.807) is 6.07 Å². The third-order valence-corrected chi connectivity index (χ3v) is 7.72. The smallest absolute Gasteiger partial charge is 0.260 e. The third-order valence-electron chi connectivity index (χ3n) is 4.92. The summed E-state index contributed by atoms with van der Waals surface area (Å²) in [6.07, 6.45) is 2.24. The summed E-state index contributed by atoms with van der Waals surface area (Å²) in [7, 11) is -3.08. The highest BCUT2D eigenvalue weighted by atomic mass is 32.2. The van der Waals surface area contributed by atoms with Gasteiger partial charge in [0.05, 0.1) is 10.9 Å². The van der Waals surface area contributed by atoms with Crippen molar-refractivity contribution < 1.29 is 17.6 Å². The van der Waals surface area contributed by atoms with Crippen molar-refractivity contribution in [3.8, 4) is 0 Å². The van der Waals surface area contributed by atoms with Gasteiger partial charge in [-0.25, -0.2) is 17.8 Å². The zero-order valence-electron chi connectivity index (χ0n) is 15.5. The molecule has 0 unspecified atom stereocenters. The molecule has 1 aliphatic heterocycles. The van der Waals surface area contributed by atoms with Crippen molar-refractivity contribution in [3.63, 3.8) is 0 Å². The predicted octanol–water partition coefficient (Wildman–Crippen LogP) is 2.20. The molecule has 1 amide bonds. The van der Waals surface area contributed by atoms with Gasteiger partial charge >= 0.3 is 0 Å². The van der Waals surface area contributed by atoms with Crippen LogP contribution < -0.4 is 16.4 Å². The molecule has 4 N–H and O–H groups in total. The molecule has 1 aliphatic rings. The highest BCUT2D eigenvalue weighted by Crippen LogP contribution is 2.42. The fourth-order valence-electron chi connectivity index (χ4n) is 3.43. The number of amides is 1. The van der Waals surface area contributed by atoms with Crippen LogP contribution in [0.3, 0.4) is 0 Å². The summed E-state index contributed by atoms with van der Waals surface area (Å²) < 4.78 is 38.4. The number of thiophene rings is 1. The molecule has 148 valence electrons. The lowest BCUT2D eigenvalue weighted by Crippen LogP contribution is -2.39. The van der Waals surface area contributed by atoms with E-state index in [0.29, 0.717) is 47.5 Å². The first-order chi connectivity index (χ1) is 12.4. The quantitative estimate of drug-likeness (QED) is 0.791. The molecule has 0 atom stereocenters. The number of halogens is 1. The van der Waals surface area contributed by atoms with Crippen LogP contribution in [0.4, 0.5) is 15.9 Å². The number of sulfone groups is 1. The fraction of sp³-hybridized carbons (Fsp3) is 0.529. The number of pyridine rings is 1. The molecule has 0 saturated carbocycles. The van der Waals surface area contributed by atoms with E-state index in [9.17, 15) is 17.6 Å². The Morgan fingerprint density at radius 3 is 2.44 bits per heavy atom. The van der Waals surface area contributed by atoms with Crippen molar-refractivity contribution in [3.05, 3.63) is 16.5 Å². The lowest BCUT2D eigenvalue weighted by atomic mass is 9.96. The van der Waals surface area contributed by atoms with Gasteiger partial charge in [0.15, 0.2) is 0 Å². The van der Waals surface area contributed by atoms with Crippen LogP contribution in [0.15, 0.2) is 6.07 Å². The number of rotatable bonds is 4. The first-order valence-electron chi connectivity index (χ1n) is 8.55. The molecule has 7 nitrogen and oxygen atoms in total. The molecule has 0 spiro atoms. The number of carbonyl (C=O) groups excluding carboxylic acids is 1. The van der Waals surface area contributed by atoms with E-state index in [1.165, 1.54) is 20.1 Å². The Kier molecular flexibility index (Phi) is 4.84. The summed E-state index contributed by atoms with van der Waals surface area (Å²) in [6, 6.07) is 1.64. The van der Waals surface area contributed by atoms with Crippen LogP contribution in [-0.4, -0.2) is 43.9 Å². The van der Waals surface area contributed by atoms with Gasteiger partial charge in [0.2, 0.25) is 0 Å². The maximum absolute atomic E-state index is 14.9. The molecule has 3 rings (SSSR count). The minimum absolute atomic E-state index is 0.151. The zero-order chi connectivity index (χ0) is 20.1. The van der Waals surface area contributed by atoms with Crippen molar-refractivity contribution in [1.29, 1.82) is 0 Å². The summed E-state index contributed by atoms with van der Waals surface area (Å²) in [5, 5.41) is 0.0458. The summed E-state index contributed by atoms with van der Waals surface area (Å²) in [6.45, 7) is 3.85. The van der Waals surface area contributed by atoms with Gasteiger partial charge in [-0.2, -0.15) is 0 Å². The average Bonchev–Trinajstić information content (AvgIpc) is 2.89. The van der Waals surface area contributed by atoms with Gasteiger partial charge in [-0.05, 0) is 32.8 Å². The van der Waals surface area contributed by atoms with Gasteiger partial charge in [-0.3, -0.25) is 4.79 Å². The third kappa shape index (κ3) is 3.73. The van der Waals surface area contributed by atoms with Gasteiger partial charge in [0, 0.05) is 30.3 Å². The molecule has 0 radical (unpaired) electrons. The number of anilines is 2. The van der Waals surface area contributed by atoms with Crippen LogP contribution in [0.25, 0.3) is 10.2 Å². The minimum atomic E-state index is -3.08. The molecule has 3 heterocycles. The van der Waals surface area contributed by atoms with Crippen molar-refractivity contribution in [2.45, 2.75) is 37.6 Å². The summed E-state index contributed by atoms with van der Waals surface area (Å²) >= 11 is 1.05. The lowest BCUT2D eigenvalue weighted by molar-refractivity contribution is 0.100. The second kappa shape index (κ2) is 6.59. The number of piperidine rings is 1. The van der Waals surface area contributed by atoms with Crippen molar-refractivity contribution >= 4 is 48.8 Å². The number of primary amides is 1. The van der Waals surface area contributed by atoms with Crippen molar-refractivity contribution in [1.82, 2.24) is 4.98 Å². The summed E-state index contributed by atoms with van der Waals surface area (Å²) in [5.74, 6) is -0.124. The van der Waals surface area contributed by atoms with Crippen molar-refractivity contribution in [2.24, 2.45) is 5.73 Å². The number of hydrogen-bond donors (Lipinski definition) is 2. The molecule has 2 aromatic rings. The topological polar surface area (TPSA) is 119 Å². The Hall–Kier alpha value is -1.94. The van der Waals surface area contributed by atoms with Crippen LogP contribution in [0.1, 0.15) is 41.9 Å². The summed E-state index contributed by atoms with van der Waals surface area (Å²) in [4.78, 5) is 18.8. The van der Waals surface area contributed by atoms with Crippen LogP contribution in [0, 0.1) is 0 Å². The second-order valence-corrected chi connectivity index (χ2v) is 10.7. The first-order valence-corrected chi connectivity index (χ1v) is 11.3. The first kappa shape index (κ1) is 19.8. The van der Waals surface area contributed by atoms with Gasteiger partial charge in [-0.1, -0.05) is 0 Å². The maximum atomic E-state index is 14.9. The fourth-order valence-corrected chi connectivity index (χ4v) is 5.47. The van der Waals surface area contributed by atoms with Gasteiger partial charge in [-0.15, -0.1) is 11.3 Å². The molecular formula is C17H23FN4O3S2. The predicted molar refractivity (Wildman–Crippen MR) is 107 cm³/mol. The molecular weight excluding hydrogens is 391 g/mol. The van der Waals surface area contributed by atoms with E-state index in [0.717, 1.165) is 11.3 Å². The number of nitrogens with zero attached hydrogens (tertiary/aromatic N) is 2. The number of aromatic nitrogens is 1. The normalized spacial score (nSPS) is 16.8. The monoisotopic (exact) mass is 414 g/mol. The number of nitrogens with two attached hydrogens (primary N) is 2. The Bertz CT molecular complexity index is 1000. The number of fused-ring (bicyclic) bond motifs is 1. The molecule has 27 heavy (non-hydrogen) atoms. The molecule has 1 saturated heterocycles. The van der Waals surface area contributed by atoms with E-state index in [2.05, 4.69) is 4.98 Å². The Balaban J connectivity index is 2.07. The molecule has 0 bridgehead atoms. The van der Waals surface area contributed by atoms with E-state index in [4.69, 9.17) is 11.5 Å². The van der Waals surface area contributed by atoms with Crippen molar-refractivity contribution in [2.75, 3.05) is 30.0 Å². The Morgan fingerprint density at radius 1 is 1.37 bits per heavy atom. The lowest BCUT2D eigenvalue weighted by Gasteiger charge is -2.32. The van der Waals surface area contributed by atoms with E-state index in [1.807, 2.05) is 4.90 Å². The maximum Gasteiger partial charge on any atom is 0.260 e. The standard InChI is InChI=1S/C17H23FN4O3S2/c1-17(2,18)10-8-11(22-6-4-9(5-7-22)27(3,24)25)21-16-12(10)13(19)14(26-16)15(20)23/h8-9H,4-7,19H2,1-3H3,(H2,20,23). The minimum Gasteiger partial charge on any atom is -0.397 e. The highest BCUT2D eigenvalue weighted by molar-refractivity contribution is 7.91. The number of alkyl halides is 1. The molecule has 2 aromatic heterocycles. The van der Waals surface area contributed by atoms with E-state index < -0.39 is 21.4 Å². The van der Waals surface area contributed by atoms with Gasteiger partial charge in [0.1, 0.15) is 31.0 Å². The molecule has 0 aliphatic carbocycles. The van der Waals surface area contributed by atoms with Crippen LogP contribution >= 0.6 is 11.3 Å².